The molecule has 2 N–H and O–H groups in total. The number of aryl methyl sites for hydroxylation is 1. The average Bonchev–Trinajstić information content (AvgIpc) is 2.37. The van der Waals surface area contributed by atoms with Crippen molar-refractivity contribution in [3.63, 3.8) is 0 Å². The van der Waals surface area contributed by atoms with Crippen LogP contribution in [0.5, 0.6) is 0 Å². The van der Waals surface area contributed by atoms with Gasteiger partial charge in [-0.15, -0.1) is 0 Å². The third-order valence-electron chi connectivity index (χ3n) is 2.57. The van der Waals surface area contributed by atoms with Crippen LogP contribution in [0.4, 0.5) is 21.0 Å². The zero-order chi connectivity index (χ0) is 16.1. The predicted molar refractivity (Wildman–Crippen MR) is 77.0 cm³/mol. The van der Waals surface area contributed by atoms with Gasteiger partial charge in [-0.3, -0.25) is 0 Å². The van der Waals surface area contributed by atoms with Crippen LogP contribution in [0.25, 0.3) is 11.1 Å². The average molecular weight is 342 g/mol. The topological polar surface area (TPSA) is 26.0 Å². The molecule has 0 fully saturated rings. The normalized spacial score (nSPS) is 12.2. The molecule has 0 radical (unpaired) electrons. The number of rotatable bonds is 2. The van der Waals surface area contributed by atoms with Crippen molar-refractivity contribution in [1.29, 1.82) is 0 Å². The summed E-state index contributed by atoms with van der Waals surface area (Å²) in [6.45, 7) is 2.70. The van der Waals surface area contributed by atoms with Crippen molar-refractivity contribution in [1.82, 2.24) is 0 Å². The molecular formula is C14H15F6NP-. The summed E-state index contributed by atoms with van der Waals surface area (Å²) in [5.41, 5.74) is 10.5. The molecule has 0 aromatic heterocycles. The fraction of sp³-hybridized carbons (Fsp3) is 0.143. The fourth-order valence-electron chi connectivity index (χ4n) is 1.58. The number of nitrogens with two attached hydrogens (primary N) is 1. The molecule has 2 aromatic rings. The largest absolute Gasteiger partial charge is 1.00 e. The minimum atomic E-state index is -8.55. The minimum Gasteiger partial charge on any atom is -1.00 e. The van der Waals surface area contributed by atoms with E-state index in [9.17, 15) is 21.0 Å². The summed E-state index contributed by atoms with van der Waals surface area (Å²) in [6.07, 6.45) is 0. The molecule has 1 nitrogen and oxygen atoms in total. The van der Waals surface area contributed by atoms with E-state index in [4.69, 9.17) is 5.73 Å². The molecule has 0 aliphatic rings. The van der Waals surface area contributed by atoms with E-state index in [0.717, 1.165) is 0 Å². The molecule has 0 amide bonds. The maximum atomic E-state index is 9.84. The van der Waals surface area contributed by atoms with Crippen LogP contribution in [0, 0.1) is 6.92 Å². The summed E-state index contributed by atoms with van der Waals surface area (Å²) in [5, 5.41) is 0. The Morgan fingerprint density at radius 2 is 1.09 bits per heavy atom. The summed E-state index contributed by atoms with van der Waals surface area (Å²) in [5.74, 6) is 0. The fourth-order valence-corrected chi connectivity index (χ4v) is 1.58. The Bertz CT molecular complexity index is 558. The first-order valence-electron chi connectivity index (χ1n) is 6.00. The summed E-state index contributed by atoms with van der Waals surface area (Å²) in [4.78, 5) is 0. The van der Waals surface area contributed by atoms with E-state index in [2.05, 4.69) is 55.5 Å². The van der Waals surface area contributed by atoms with E-state index in [0.29, 0.717) is 6.54 Å². The third-order valence-corrected chi connectivity index (χ3v) is 2.57. The Balaban J connectivity index is 0.000000546. The zero-order valence-electron chi connectivity index (χ0n) is 11.6. The van der Waals surface area contributed by atoms with E-state index >= 15 is 0 Å². The molecule has 0 atom stereocenters. The van der Waals surface area contributed by atoms with Crippen LogP contribution in [-0.4, -0.2) is 0 Å². The first-order valence-corrected chi connectivity index (χ1v) is 7.69. The maximum Gasteiger partial charge on any atom is -1.00 e. The molecule has 2 rings (SSSR count). The van der Waals surface area contributed by atoms with E-state index in [1.807, 2.05) is 0 Å². The SMILES string of the molecule is Cc1ccc(-c2ccc(CN)cc2)cc1.FP(F)(F)(F)F.[F-]. The Morgan fingerprint density at radius 1 is 0.773 bits per heavy atom. The Labute approximate surface area is 124 Å². The van der Waals surface area contributed by atoms with Crippen molar-refractivity contribution in [3.8, 4) is 11.1 Å². The Kier molecular flexibility index (Phi) is 7.06. The van der Waals surface area contributed by atoms with Gasteiger partial charge in [-0.05, 0) is 23.6 Å². The maximum absolute atomic E-state index is 9.84. The van der Waals surface area contributed by atoms with Gasteiger partial charge in [0, 0.05) is 6.54 Å². The molecule has 2 aromatic carbocycles. The molecule has 0 unspecified atom stereocenters. The molecule has 0 saturated heterocycles. The molecule has 0 saturated carbocycles. The van der Waals surface area contributed by atoms with Crippen molar-refractivity contribution in [2.75, 3.05) is 0 Å². The van der Waals surface area contributed by atoms with E-state index < -0.39 is 8.16 Å². The van der Waals surface area contributed by atoms with Crippen molar-refractivity contribution >= 4 is 8.16 Å². The Morgan fingerprint density at radius 3 is 1.41 bits per heavy atom. The van der Waals surface area contributed by atoms with E-state index in [1.54, 1.807) is 0 Å². The molecular weight excluding hydrogens is 327 g/mol. The van der Waals surface area contributed by atoms with Crippen LogP contribution >= 0.6 is 8.16 Å². The summed E-state index contributed by atoms with van der Waals surface area (Å²) < 4.78 is 49.2. The van der Waals surface area contributed by atoms with Crippen LogP contribution in [0.1, 0.15) is 11.1 Å². The summed E-state index contributed by atoms with van der Waals surface area (Å²) in [7, 11) is -8.55. The summed E-state index contributed by atoms with van der Waals surface area (Å²) >= 11 is 0. The van der Waals surface area contributed by atoms with Crippen molar-refractivity contribution < 1.29 is 25.7 Å². The molecule has 0 aliphatic carbocycles. The van der Waals surface area contributed by atoms with Crippen LogP contribution in [0.3, 0.4) is 0 Å². The van der Waals surface area contributed by atoms with Gasteiger partial charge < -0.3 is 10.4 Å². The van der Waals surface area contributed by atoms with E-state index in [1.165, 1.54) is 22.3 Å². The van der Waals surface area contributed by atoms with Gasteiger partial charge in [-0.2, -0.15) is 0 Å². The van der Waals surface area contributed by atoms with Crippen LogP contribution in [-0.2, 0) is 6.54 Å². The quantitative estimate of drug-likeness (QED) is 0.659. The second-order valence-electron chi connectivity index (χ2n) is 4.41. The first-order chi connectivity index (χ1) is 9.53. The predicted octanol–water partition coefficient (Wildman–Crippen LogP) is 3.09. The van der Waals surface area contributed by atoms with Gasteiger partial charge in [0.25, 0.3) is 0 Å². The zero-order valence-corrected chi connectivity index (χ0v) is 12.5. The molecule has 0 heterocycles. The van der Waals surface area contributed by atoms with Gasteiger partial charge in [0.05, 0.1) is 0 Å². The van der Waals surface area contributed by atoms with Gasteiger partial charge in [0.15, 0.2) is 0 Å². The number of hydrogen-bond acceptors (Lipinski definition) is 1. The van der Waals surface area contributed by atoms with Crippen LogP contribution in [0.2, 0.25) is 0 Å². The third kappa shape index (κ3) is 9.37. The van der Waals surface area contributed by atoms with Gasteiger partial charge in [-0.25, -0.2) is 0 Å². The van der Waals surface area contributed by atoms with E-state index in [-0.39, 0.29) is 4.70 Å². The molecule has 124 valence electrons. The minimum absolute atomic E-state index is 0. The molecule has 0 bridgehead atoms. The monoisotopic (exact) mass is 342 g/mol. The van der Waals surface area contributed by atoms with Crippen LogP contribution < -0.4 is 10.4 Å². The van der Waals surface area contributed by atoms with Gasteiger partial charge >= 0.3 is 29.1 Å². The Hall–Kier alpha value is -1.59. The smallest absolute Gasteiger partial charge is 1.00 e. The molecule has 8 heteroatoms. The number of halogens is 6. The van der Waals surface area contributed by atoms with Gasteiger partial charge in [0.2, 0.25) is 0 Å². The molecule has 22 heavy (non-hydrogen) atoms. The second-order valence-corrected chi connectivity index (χ2v) is 5.68. The second kappa shape index (κ2) is 7.61. The molecule has 0 spiro atoms. The number of hydrogen-bond donors (Lipinski definition) is 1. The van der Waals surface area contributed by atoms with Crippen molar-refractivity contribution in [2.24, 2.45) is 5.73 Å². The number of benzene rings is 2. The van der Waals surface area contributed by atoms with Crippen LogP contribution in [0.15, 0.2) is 48.5 Å². The van der Waals surface area contributed by atoms with Crippen molar-refractivity contribution in [3.05, 3.63) is 59.7 Å². The van der Waals surface area contributed by atoms with Crippen molar-refractivity contribution in [2.45, 2.75) is 13.5 Å². The summed E-state index contributed by atoms with van der Waals surface area (Å²) in [6, 6.07) is 16.9. The van der Waals surface area contributed by atoms with Gasteiger partial charge in [-0.1, -0.05) is 54.1 Å². The molecule has 0 aliphatic heterocycles. The van der Waals surface area contributed by atoms with Gasteiger partial charge in [0.1, 0.15) is 0 Å². The first kappa shape index (κ1) is 20.4. The standard InChI is InChI=1S/C14H15N.F5P.FH/c1-11-2-6-13(7-3-11)14-8-4-12(10-15)5-9-14;1-6(2,3,4)5;/h2-9H,10,15H2,1H3;;1H/p-1.